The van der Waals surface area contributed by atoms with Crippen molar-refractivity contribution in [1.29, 1.82) is 0 Å². The molecule has 9 atom stereocenters. The van der Waals surface area contributed by atoms with Crippen LogP contribution in [0.4, 0.5) is 0 Å². The van der Waals surface area contributed by atoms with Crippen molar-refractivity contribution in [3.63, 3.8) is 0 Å². The third-order valence-corrected chi connectivity index (χ3v) is 6.91. The highest BCUT2D eigenvalue weighted by atomic mass is 16.3. The van der Waals surface area contributed by atoms with Crippen molar-refractivity contribution in [2.75, 3.05) is 6.54 Å². The van der Waals surface area contributed by atoms with Gasteiger partial charge in [0.15, 0.2) is 0 Å². The van der Waals surface area contributed by atoms with Crippen molar-refractivity contribution in [2.24, 2.45) is 52.5 Å². The number of rotatable bonds is 2. The molecule has 16 heavy (non-hydrogen) atoms. The van der Waals surface area contributed by atoms with E-state index in [1.54, 1.807) is 0 Å². The zero-order valence-electron chi connectivity index (χ0n) is 9.03. The Labute approximate surface area is 93.7 Å². The van der Waals surface area contributed by atoms with Gasteiger partial charge in [-0.2, -0.15) is 0 Å². The largest absolute Gasteiger partial charge is 0.389 e. The van der Waals surface area contributed by atoms with E-state index in [1.807, 2.05) is 0 Å². The molecule has 0 aromatic carbocycles. The average molecular weight is 217 g/mol. The van der Waals surface area contributed by atoms with Gasteiger partial charge in [-0.1, -0.05) is 5.11 Å². The number of hydrogen-bond donors (Lipinski definition) is 1. The third kappa shape index (κ3) is 0.550. The van der Waals surface area contributed by atoms with E-state index in [-0.39, 0.29) is 0 Å². The van der Waals surface area contributed by atoms with Crippen LogP contribution in [0.25, 0.3) is 10.4 Å². The first-order valence-electron chi connectivity index (χ1n) is 6.50. The summed E-state index contributed by atoms with van der Waals surface area (Å²) in [5, 5.41) is 14.6. The maximum atomic E-state index is 10.9. The van der Waals surface area contributed by atoms with Gasteiger partial charge in [-0.05, 0) is 65.7 Å². The maximum Gasteiger partial charge on any atom is 0.0771 e. The first kappa shape index (κ1) is 8.37. The molecular formula is C12H15N3O. The molecule has 1 N–H and O–H groups in total. The molecule has 5 saturated carbocycles. The number of azide groups is 1. The van der Waals surface area contributed by atoms with Crippen molar-refractivity contribution in [3.8, 4) is 0 Å². The maximum absolute atomic E-state index is 10.9. The predicted molar refractivity (Wildman–Crippen MR) is 56.1 cm³/mol. The van der Waals surface area contributed by atoms with E-state index in [4.69, 9.17) is 5.53 Å². The minimum absolute atomic E-state index is 0.332. The third-order valence-electron chi connectivity index (χ3n) is 6.91. The number of aliphatic hydroxyl groups is 1. The van der Waals surface area contributed by atoms with Gasteiger partial charge in [0.25, 0.3) is 0 Å². The normalized spacial score (nSPS) is 70.8. The lowest BCUT2D eigenvalue weighted by molar-refractivity contribution is -0.123. The molecule has 0 amide bonds. The minimum Gasteiger partial charge on any atom is -0.389 e. The predicted octanol–water partition coefficient (Wildman–Crippen LogP) is 1.81. The molecule has 0 aromatic rings. The van der Waals surface area contributed by atoms with Gasteiger partial charge >= 0.3 is 0 Å². The lowest BCUT2D eigenvalue weighted by atomic mass is 9.56. The van der Waals surface area contributed by atoms with Crippen LogP contribution < -0.4 is 0 Å². The highest BCUT2D eigenvalue weighted by Gasteiger charge is 2.84. The van der Waals surface area contributed by atoms with Crippen LogP contribution in [0.3, 0.4) is 0 Å². The van der Waals surface area contributed by atoms with E-state index in [2.05, 4.69) is 10.0 Å². The van der Waals surface area contributed by atoms with Gasteiger partial charge in [-0.25, -0.2) is 0 Å². The summed E-state index contributed by atoms with van der Waals surface area (Å²) in [6.45, 7) is 0.332. The van der Waals surface area contributed by atoms with Gasteiger partial charge in [0.1, 0.15) is 0 Å². The van der Waals surface area contributed by atoms with Crippen molar-refractivity contribution in [1.82, 2.24) is 0 Å². The second-order valence-corrected chi connectivity index (χ2v) is 6.71. The summed E-state index contributed by atoms with van der Waals surface area (Å²) in [7, 11) is 0. The summed E-state index contributed by atoms with van der Waals surface area (Å²) in [4.78, 5) is 2.85. The topological polar surface area (TPSA) is 69.0 Å². The fourth-order valence-electron chi connectivity index (χ4n) is 7.08. The van der Waals surface area contributed by atoms with Crippen LogP contribution in [0.5, 0.6) is 0 Å². The quantitative estimate of drug-likeness (QED) is 0.427. The molecule has 0 radical (unpaired) electrons. The van der Waals surface area contributed by atoms with Gasteiger partial charge in [0, 0.05) is 4.91 Å². The Morgan fingerprint density at radius 1 is 1.12 bits per heavy atom. The molecule has 5 aliphatic rings. The van der Waals surface area contributed by atoms with Gasteiger partial charge in [-0.15, -0.1) is 0 Å². The first-order chi connectivity index (χ1) is 7.77. The SMILES string of the molecule is [N-]=[N+]=NC[C@]1(O)[C@@H]2[C@@H]3C[C@@H]4[C@@H]5[C@H]3C[C@H]2[C@@H]5[C@@H]41. The minimum atomic E-state index is -0.614. The number of hydrogen-bond acceptors (Lipinski definition) is 2. The van der Waals surface area contributed by atoms with E-state index in [0.717, 1.165) is 35.5 Å². The fourth-order valence-corrected chi connectivity index (χ4v) is 7.08. The van der Waals surface area contributed by atoms with Crippen molar-refractivity contribution in [3.05, 3.63) is 10.4 Å². The summed E-state index contributed by atoms with van der Waals surface area (Å²) in [5.74, 6) is 5.99. The summed E-state index contributed by atoms with van der Waals surface area (Å²) in [6.07, 6.45) is 2.74. The molecule has 5 aliphatic carbocycles. The van der Waals surface area contributed by atoms with Crippen LogP contribution in [-0.4, -0.2) is 17.3 Å². The second kappa shape index (κ2) is 2.14. The average Bonchev–Trinajstić information content (AvgIpc) is 2.73. The Kier molecular flexibility index (Phi) is 1.12. The van der Waals surface area contributed by atoms with E-state index >= 15 is 0 Å². The second-order valence-electron chi connectivity index (χ2n) is 6.71. The van der Waals surface area contributed by atoms with Crippen LogP contribution in [0.2, 0.25) is 0 Å². The molecule has 0 aromatic heterocycles. The Balaban J connectivity index is 1.67. The van der Waals surface area contributed by atoms with E-state index in [1.165, 1.54) is 12.8 Å². The standard InChI is InChI=1S/C12H15N3O/c13-15-14-3-12(16)10-5-2-6-8-4(5)1-7(10)9(8)11(6)12/h4-11,16H,1-3H2/t4-,5+,6+,7-,8-,9-,10+,11+,12-/m0/s1. The van der Waals surface area contributed by atoms with E-state index in [0.29, 0.717) is 18.4 Å². The number of fused-ring (bicyclic) bond motifs is 2. The molecule has 84 valence electrons. The highest BCUT2D eigenvalue weighted by Crippen LogP contribution is 2.85. The van der Waals surface area contributed by atoms with Crippen molar-refractivity contribution >= 4 is 0 Å². The van der Waals surface area contributed by atoms with Crippen LogP contribution in [-0.2, 0) is 0 Å². The summed E-state index contributed by atoms with van der Waals surface area (Å²) in [6, 6.07) is 0. The smallest absolute Gasteiger partial charge is 0.0771 e. The first-order valence-corrected chi connectivity index (χ1v) is 6.50. The number of nitrogens with zero attached hydrogens (tertiary/aromatic N) is 3. The van der Waals surface area contributed by atoms with Crippen molar-refractivity contribution < 1.29 is 5.11 Å². The molecule has 0 spiro atoms. The van der Waals surface area contributed by atoms with Crippen molar-refractivity contribution in [2.45, 2.75) is 18.4 Å². The summed E-state index contributed by atoms with van der Waals surface area (Å²) < 4.78 is 0. The monoisotopic (exact) mass is 217 g/mol. The molecule has 4 nitrogen and oxygen atoms in total. The Morgan fingerprint density at radius 3 is 2.69 bits per heavy atom. The van der Waals surface area contributed by atoms with Crippen LogP contribution in [0, 0.1) is 47.3 Å². The zero-order chi connectivity index (χ0) is 10.7. The Morgan fingerprint density at radius 2 is 1.88 bits per heavy atom. The molecule has 0 heterocycles. The van der Waals surface area contributed by atoms with Crippen LogP contribution in [0.15, 0.2) is 5.11 Å². The van der Waals surface area contributed by atoms with E-state index < -0.39 is 5.60 Å². The molecular weight excluding hydrogens is 202 g/mol. The van der Waals surface area contributed by atoms with Gasteiger partial charge in [-0.3, -0.25) is 0 Å². The molecule has 2 bridgehead atoms. The van der Waals surface area contributed by atoms with Crippen LogP contribution in [0.1, 0.15) is 12.8 Å². The van der Waals surface area contributed by atoms with Crippen LogP contribution >= 0.6 is 0 Å². The summed E-state index contributed by atoms with van der Waals surface area (Å²) in [5.41, 5.74) is 7.87. The summed E-state index contributed by atoms with van der Waals surface area (Å²) >= 11 is 0. The molecule has 5 fully saturated rings. The van der Waals surface area contributed by atoms with E-state index in [9.17, 15) is 5.11 Å². The molecule has 5 rings (SSSR count). The molecule has 0 saturated heterocycles. The molecule has 4 heteroatoms. The zero-order valence-corrected chi connectivity index (χ0v) is 9.03. The lowest BCUT2D eigenvalue weighted by Gasteiger charge is -2.51. The molecule has 0 aliphatic heterocycles. The lowest BCUT2D eigenvalue weighted by Crippen LogP contribution is -2.55. The fraction of sp³-hybridized carbons (Fsp3) is 1.00. The van der Waals surface area contributed by atoms with Gasteiger partial charge in [0.05, 0.1) is 12.1 Å². The Bertz CT molecular complexity index is 440. The van der Waals surface area contributed by atoms with Gasteiger partial charge in [0.2, 0.25) is 0 Å². The Hall–Kier alpha value is -0.730. The molecule has 0 unspecified atom stereocenters. The highest BCUT2D eigenvalue weighted by molar-refractivity contribution is 5.32. The van der Waals surface area contributed by atoms with Gasteiger partial charge < -0.3 is 5.11 Å².